The monoisotopic (exact) mass is 500 g/mol. The van der Waals surface area contributed by atoms with Crippen molar-refractivity contribution >= 4 is 35.8 Å². The van der Waals surface area contributed by atoms with Crippen LogP contribution >= 0.6 is 24.0 Å². The van der Waals surface area contributed by atoms with Gasteiger partial charge in [-0.1, -0.05) is 18.2 Å². The number of benzene rings is 2. The Hall–Kier alpha value is -2.36. The van der Waals surface area contributed by atoms with E-state index in [0.29, 0.717) is 24.8 Å². The van der Waals surface area contributed by atoms with Crippen molar-refractivity contribution in [2.75, 3.05) is 20.2 Å². The third-order valence-electron chi connectivity index (χ3n) is 3.95. The highest BCUT2D eigenvalue weighted by atomic mass is 127. The number of amides is 1. The molecule has 1 amide bonds. The van der Waals surface area contributed by atoms with Gasteiger partial charge in [0.05, 0.1) is 0 Å². The Morgan fingerprint density at radius 3 is 2.68 bits per heavy atom. The van der Waals surface area contributed by atoms with Crippen molar-refractivity contribution in [2.24, 2.45) is 10.7 Å². The molecule has 0 aliphatic heterocycles. The smallest absolute Gasteiger partial charge is 0.255 e. The van der Waals surface area contributed by atoms with E-state index >= 15 is 0 Å². The molecule has 0 saturated carbocycles. The SMILES string of the molecule is CN=C(NCCc1ccc(F)cc1C)NCc1cccc(OCC(N)=O)c1.I. The molecule has 0 bridgehead atoms. The zero-order chi connectivity index (χ0) is 19.6. The van der Waals surface area contributed by atoms with Gasteiger partial charge in [-0.2, -0.15) is 0 Å². The number of ether oxygens (including phenoxy) is 1. The fourth-order valence-electron chi connectivity index (χ4n) is 2.56. The molecule has 0 aliphatic rings. The first-order valence-electron chi connectivity index (χ1n) is 8.67. The summed E-state index contributed by atoms with van der Waals surface area (Å²) in [7, 11) is 1.70. The third kappa shape index (κ3) is 8.12. The average molecular weight is 500 g/mol. The molecule has 0 heterocycles. The summed E-state index contributed by atoms with van der Waals surface area (Å²) in [6.07, 6.45) is 0.767. The van der Waals surface area contributed by atoms with Gasteiger partial charge in [-0.05, 0) is 54.3 Å². The van der Waals surface area contributed by atoms with Gasteiger partial charge in [0, 0.05) is 20.1 Å². The van der Waals surface area contributed by atoms with E-state index in [1.807, 2.05) is 25.1 Å². The quantitative estimate of drug-likeness (QED) is 0.296. The number of rotatable bonds is 8. The molecule has 0 fully saturated rings. The van der Waals surface area contributed by atoms with Crippen molar-refractivity contribution in [3.8, 4) is 5.75 Å². The fraction of sp³-hybridized carbons (Fsp3) is 0.300. The molecule has 0 atom stereocenters. The van der Waals surface area contributed by atoms with Gasteiger partial charge < -0.3 is 21.1 Å². The normalized spacial score (nSPS) is 10.8. The fourth-order valence-corrected chi connectivity index (χ4v) is 2.56. The zero-order valence-electron chi connectivity index (χ0n) is 16.0. The molecule has 2 rings (SSSR count). The van der Waals surface area contributed by atoms with Crippen LogP contribution in [0.2, 0.25) is 0 Å². The number of hydrogen-bond donors (Lipinski definition) is 3. The summed E-state index contributed by atoms with van der Waals surface area (Å²) in [5.74, 6) is 0.518. The van der Waals surface area contributed by atoms with Crippen molar-refractivity contribution in [2.45, 2.75) is 19.9 Å². The van der Waals surface area contributed by atoms with Crippen molar-refractivity contribution in [1.29, 1.82) is 0 Å². The number of aliphatic imine (C=N–C) groups is 1. The maximum atomic E-state index is 13.2. The van der Waals surface area contributed by atoms with E-state index in [-0.39, 0.29) is 36.4 Å². The Morgan fingerprint density at radius 1 is 1.21 bits per heavy atom. The molecule has 0 aliphatic carbocycles. The Bertz CT molecular complexity index is 815. The van der Waals surface area contributed by atoms with Crippen LogP contribution in [0.15, 0.2) is 47.5 Å². The van der Waals surface area contributed by atoms with Crippen LogP contribution in [0.25, 0.3) is 0 Å². The molecule has 4 N–H and O–H groups in total. The van der Waals surface area contributed by atoms with Crippen LogP contribution in [0.5, 0.6) is 5.75 Å². The summed E-state index contributed by atoms with van der Waals surface area (Å²) < 4.78 is 18.5. The highest BCUT2D eigenvalue weighted by molar-refractivity contribution is 14.0. The van der Waals surface area contributed by atoms with Gasteiger partial charge >= 0.3 is 0 Å². The number of aryl methyl sites for hydroxylation is 1. The van der Waals surface area contributed by atoms with Gasteiger partial charge in [0.1, 0.15) is 11.6 Å². The zero-order valence-corrected chi connectivity index (χ0v) is 18.3. The number of guanidine groups is 1. The number of hydrogen-bond acceptors (Lipinski definition) is 3. The molecular formula is C20H26FIN4O2. The van der Waals surface area contributed by atoms with Gasteiger partial charge in [-0.15, -0.1) is 24.0 Å². The molecule has 2 aromatic rings. The number of halogens is 2. The molecule has 0 radical (unpaired) electrons. The van der Waals surface area contributed by atoms with Crippen molar-refractivity contribution in [1.82, 2.24) is 10.6 Å². The van der Waals surface area contributed by atoms with E-state index < -0.39 is 5.91 Å². The molecule has 0 unspecified atom stereocenters. The van der Waals surface area contributed by atoms with Crippen LogP contribution in [-0.4, -0.2) is 32.1 Å². The summed E-state index contributed by atoms with van der Waals surface area (Å²) in [6, 6.07) is 12.2. The van der Waals surface area contributed by atoms with E-state index in [0.717, 1.165) is 23.1 Å². The Kier molecular flexibility index (Phi) is 10.3. The van der Waals surface area contributed by atoms with Crippen LogP contribution in [0.4, 0.5) is 4.39 Å². The minimum Gasteiger partial charge on any atom is -0.484 e. The molecule has 152 valence electrons. The highest BCUT2D eigenvalue weighted by Gasteiger charge is 2.03. The van der Waals surface area contributed by atoms with E-state index in [9.17, 15) is 9.18 Å². The Labute approximate surface area is 181 Å². The summed E-state index contributed by atoms with van der Waals surface area (Å²) in [4.78, 5) is 15.0. The second-order valence-electron chi connectivity index (χ2n) is 6.08. The largest absolute Gasteiger partial charge is 0.484 e. The van der Waals surface area contributed by atoms with Gasteiger partial charge in [0.15, 0.2) is 12.6 Å². The lowest BCUT2D eigenvalue weighted by atomic mass is 10.1. The van der Waals surface area contributed by atoms with E-state index in [1.165, 1.54) is 12.1 Å². The first-order valence-corrected chi connectivity index (χ1v) is 8.67. The molecule has 28 heavy (non-hydrogen) atoms. The maximum absolute atomic E-state index is 13.2. The number of carbonyl (C=O) groups is 1. The molecular weight excluding hydrogens is 474 g/mol. The second kappa shape index (κ2) is 12.2. The molecule has 6 nitrogen and oxygen atoms in total. The minimum absolute atomic E-state index is 0. The second-order valence-corrected chi connectivity index (χ2v) is 6.08. The van der Waals surface area contributed by atoms with Crippen LogP contribution in [0.1, 0.15) is 16.7 Å². The van der Waals surface area contributed by atoms with Crippen LogP contribution < -0.4 is 21.1 Å². The van der Waals surface area contributed by atoms with Crippen molar-refractivity contribution < 1.29 is 13.9 Å². The predicted molar refractivity (Wildman–Crippen MR) is 120 cm³/mol. The molecule has 2 aromatic carbocycles. The van der Waals surface area contributed by atoms with Gasteiger partial charge in [-0.3, -0.25) is 9.79 Å². The summed E-state index contributed by atoms with van der Waals surface area (Å²) in [5, 5.41) is 6.46. The number of nitrogens with zero attached hydrogens (tertiary/aromatic N) is 1. The predicted octanol–water partition coefficient (Wildman–Crippen LogP) is 2.52. The first kappa shape index (κ1) is 23.7. The van der Waals surface area contributed by atoms with Crippen LogP contribution in [0.3, 0.4) is 0 Å². The standard InChI is InChI=1S/C20H25FN4O2.HI/c1-14-10-17(21)7-6-16(14)8-9-24-20(23-2)25-12-15-4-3-5-18(11-15)27-13-19(22)26;/h3-7,10-11H,8-9,12-13H2,1-2H3,(H2,22,26)(H2,23,24,25);1H. The van der Waals surface area contributed by atoms with Crippen molar-refractivity contribution in [3.05, 3.63) is 65.0 Å². The number of primary amides is 1. The number of nitrogens with two attached hydrogens (primary N) is 1. The van der Waals surface area contributed by atoms with Gasteiger partial charge in [0.2, 0.25) is 0 Å². The number of nitrogens with one attached hydrogen (secondary N) is 2. The maximum Gasteiger partial charge on any atom is 0.255 e. The van der Waals surface area contributed by atoms with E-state index in [4.69, 9.17) is 10.5 Å². The van der Waals surface area contributed by atoms with Gasteiger partial charge in [-0.25, -0.2) is 4.39 Å². The Morgan fingerprint density at radius 2 is 2.00 bits per heavy atom. The van der Waals surface area contributed by atoms with Crippen molar-refractivity contribution in [3.63, 3.8) is 0 Å². The number of carbonyl (C=O) groups excluding carboxylic acids is 1. The average Bonchev–Trinajstić information content (AvgIpc) is 2.64. The van der Waals surface area contributed by atoms with Gasteiger partial charge in [0.25, 0.3) is 5.91 Å². The lowest BCUT2D eigenvalue weighted by Crippen LogP contribution is -2.37. The topological polar surface area (TPSA) is 88.7 Å². The summed E-state index contributed by atoms with van der Waals surface area (Å²) in [5.41, 5.74) is 8.10. The molecule has 0 aromatic heterocycles. The van der Waals surface area contributed by atoms with E-state index in [1.54, 1.807) is 19.2 Å². The summed E-state index contributed by atoms with van der Waals surface area (Å²) >= 11 is 0. The molecule has 8 heteroatoms. The van der Waals surface area contributed by atoms with Crippen LogP contribution in [0, 0.1) is 12.7 Å². The highest BCUT2D eigenvalue weighted by Crippen LogP contribution is 2.13. The Balaban J connectivity index is 0.00000392. The lowest BCUT2D eigenvalue weighted by molar-refractivity contribution is -0.119. The lowest BCUT2D eigenvalue weighted by Gasteiger charge is -2.13. The summed E-state index contributed by atoms with van der Waals surface area (Å²) in [6.45, 7) is 2.97. The van der Waals surface area contributed by atoms with E-state index in [2.05, 4.69) is 15.6 Å². The third-order valence-corrected chi connectivity index (χ3v) is 3.95. The minimum atomic E-state index is -0.514. The molecule has 0 saturated heterocycles. The van der Waals surface area contributed by atoms with Crippen LogP contribution in [-0.2, 0) is 17.8 Å². The molecule has 0 spiro atoms. The first-order chi connectivity index (χ1) is 13.0.